The first-order valence-corrected chi connectivity index (χ1v) is 4.56. The zero-order valence-corrected chi connectivity index (χ0v) is 8.28. The lowest BCUT2D eigenvalue weighted by Gasteiger charge is -2.20. The maximum absolute atomic E-state index is 10.7. The summed E-state index contributed by atoms with van der Waals surface area (Å²) in [5, 5.41) is 0.0175. The van der Waals surface area contributed by atoms with Gasteiger partial charge in [0.05, 0.1) is 5.69 Å². The number of aliphatic imine (C=N–C) groups is 1. The number of halogens is 1. The van der Waals surface area contributed by atoms with Crippen LogP contribution in [0.15, 0.2) is 23.2 Å². The minimum atomic E-state index is -0.630. The van der Waals surface area contributed by atoms with Gasteiger partial charge in [-0.05, 0) is 24.1 Å². The highest BCUT2D eigenvalue weighted by atomic mass is 35.5. The van der Waals surface area contributed by atoms with E-state index in [1.54, 1.807) is 0 Å². The summed E-state index contributed by atoms with van der Waals surface area (Å²) in [5.74, 6) is 0. The van der Waals surface area contributed by atoms with Crippen LogP contribution in [0.1, 0.15) is 17.2 Å². The summed E-state index contributed by atoms with van der Waals surface area (Å²) in [4.78, 5) is 14.8. The molecule has 14 heavy (non-hydrogen) atoms. The third-order valence-electron chi connectivity index (χ3n) is 2.12. The molecule has 1 aliphatic rings. The summed E-state index contributed by atoms with van der Waals surface area (Å²) in [6, 6.07) is 5.59. The molecular formula is C10H8ClNO2. The summed E-state index contributed by atoms with van der Waals surface area (Å²) >= 11 is 5.66. The van der Waals surface area contributed by atoms with E-state index in [2.05, 4.69) is 4.99 Å². The van der Waals surface area contributed by atoms with E-state index in [1.165, 1.54) is 0 Å². The lowest BCUT2D eigenvalue weighted by atomic mass is 10.0. The van der Waals surface area contributed by atoms with Gasteiger partial charge in [-0.15, -0.1) is 0 Å². The highest BCUT2D eigenvalue weighted by Crippen LogP contribution is 2.34. The molecule has 0 amide bonds. The quantitative estimate of drug-likeness (QED) is 0.667. The van der Waals surface area contributed by atoms with Gasteiger partial charge < -0.3 is 4.74 Å². The number of nitrogens with zero attached hydrogens (tertiary/aromatic N) is 1. The van der Waals surface area contributed by atoms with Crippen LogP contribution in [-0.2, 0) is 9.53 Å². The number of hydrogen-bond acceptors (Lipinski definition) is 3. The van der Waals surface area contributed by atoms with Crippen LogP contribution < -0.4 is 0 Å². The molecule has 0 radical (unpaired) electrons. The molecule has 1 aromatic rings. The molecule has 0 fully saturated rings. The number of aryl methyl sites for hydroxylation is 1. The number of carbonyl (C=O) groups excluding carboxylic acids is 1. The van der Waals surface area contributed by atoms with Crippen molar-refractivity contribution in [3.05, 3.63) is 29.3 Å². The molecule has 0 N–H and O–H groups in total. The monoisotopic (exact) mass is 209 g/mol. The van der Waals surface area contributed by atoms with Gasteiger partial charge >= 0.3 is 0 Å². The predicted octanol–water partition coefficient (Wildman–Crippen LogP) is 2.49. The molecule has 1 heterocycles. The van der Waals surface area contributed by atoms with Gasteiger partial charge in [0.15, 0.2) is 12.4 Å². The molecule has 4 heteroatoms. The minimum absolute atomic E-state index is 0.0175. The van der Waals surface area contributed by atoms with Crippen molar-refractivity contribution in [2.24, 2.45) is 4.99 Å². The molecule has 0 saturated carbocycles. The number of fused-ring (bicyclic) bond motifs is 1. The summed E-state index contributed by atoms with van der Waals surface area (Å²) in [6.07, 6.45) is 0.0879. The van der Waals surface area contributed by atoms with Gasteiger partial charge in [0, 0.05) is 5.56 Å². The van der Waals surface area contributed by atoms with E-state index in [0.717, 1.165) is 23.1 Å². The Hall–Kier alpha value is -1.35. The van der Waals surface area contributed by atoms with Gasteiger partial charge in [-0.25, -0.2) is 4.99 Å². The SMILES string of the molecule is Cc1cccc2c1N=C(Cl)OC2C=O. The summed E-state index contributed by atoms with van der Waals surface area (Å²) in [7, 11) is 0. The average Bonchev–Trinajstić information content (AvgIpc) is 2.18. The Balaban J connectivity index is 2.62. The standard InChI is InChI=1S/C10H8ClNO2/c1-6-3-2-4-7-8(5-13)14-10(11)12-9(6)7/h2-5,8H,1H3. The molecule has 2 rings (SSSR count). The molecule has 1 aliphatic heterocycles. The van der Waals surface area contributed by atoms with Crippen molar-refractivity contribution < 1.29 is 9.53 Å². The number of carbonyl (C=O) groups is 1. The van der Waals surface area contributed by atoms with E-state index in [1.807, 2.05) is 25.1 Å². The van der Waals surface area contributed by atoms with Gasteiger partial charge in [-0.3, -0.25) is 4.79 Å². The van der Waals surface area contributed by atoms with Crippen molar-refractivity contribution in [1.82, 2.24) is 0 Å². The topological polar surface area (TPSA) is 38.7 Å². The number of hydrogen-bond donors (Lipinski definition) is 0. The van der Waals surface area contributed by atoms with E-state index in [9.17, 15) is 4.79 Å². The molecule has 0 aliphatic carbocycles. The third-order valence-corrected chi connectivity index (χ3v) is 2.30. The lowest BCUT2D eigenvalue weighted by molar-refractivity contribution is -0.114. The van der Waals surface area contributed by atoms with Crippen LogP contribution in [0.25, 0.3) is 0 Å². The maximum atomic E-state index is 10.7. The molecule has 1 atom stereocenters. The number of para-hydroxylation sites is 1. The number of rotatable bonds is 1. The molecule has 72 valence electrons. The number of benzene rings is 1. The molecular weight excluding hydrogens is 202 g/mol. The zero-order chi connectivity index (χ0) is 10.1. The van der Waals surface area contributed by atoms with Gasteiger partial charge in [0.25, 0.3) is 5.36 Å². The van der Waals surface area contributed by atoms with Gasteiger partial charge in [0.1, 0.15) is 0 Å². The van der Waals surface area contributed by atoms with Crippen LogP contribution in [0.4, 0.5) is 5.69 Å². The molecule has 0 saturated heterocycles. The molecule has 1 unspecified atom stereocenters. The second-order valence-corrected chi connectivity index (χ2v) is 3.38. The Labute approximate surface area is 86.4 Å². The van der Waals surface area contributed by atoms with Crippen LogP contribution in [0.5, 0.6) is 0 Å². The first kappa shape index (κ1) is 9.21. The smallest absolute Gasteiger partial charge is 0.288 e. The van der Waals surface area contributed by atoms with E-state index in [4.69, 9.17) is 16.3 Å². The fourth-order valence-corrected chi connectivity index (χ4v) is 1.63. The third kappa shape index (κ3) is 1.40. The Morgan fingerprint density at radius 3 is 3.07 bits per heavy atom. The Bertz CT molecular complexity index is 415. The summed E-state index contributed by atoms with van der Waals surface area (Å²) < 4.78 is 5.06. The van der Waals surface area contributed by atoms with Crippen LogP contribution in [-0.4, -0.2) is 11.6 Å². The van der Waals surface area contributed by atoms with E-state index >= 15 is 0 Å². The van der Waals surface area contributed by atoms with Crippen molar-refractivity contribution in [2.75, 3.05) is 0 Å². The first-order chi connectivity index (χ1) is 6.72. The summed E-state index contributed by atoms with van der Waals surface area (Å²) in [6.45, 7) is 1.92. The van der Waals surface area contributed by atoms with Crippen LogP contribution >= 0.6 is 11.6 Å². The molecule has 0 aromatic heterocycles. The highest BCUT2D eigenvalue weighted by molar-refractivity contribution is 6.63. The van der Waals surface area contributed by atoms with Crippen LogP contribution in [0.3, 0.4) is 0 Å². The Kier molecular flexibility index (Phi) is 2.25. The fourth-order valence-electron chi connectivity index (χ4n) is 1.45. The highest BCUT2D eigenvalue weighted by Gasteiger charge is 2.23. The van der Waals surface area contributed by atoms with Crippen molar-refractivity contribution in [1.29, 1.82) is 0 Å². The number of aldehydes is 1. The molecule has 0 bridgehead atoms. The van der Waals surface area contributed by atoms with E-state index in [0.29, 0.717) is 0 Å². The van der Waals surface area contributed by atoms with E-state index in [-0.39, 0.29) is 5.36 Å². The second-order valence-electron chi connectivity index (χ2n) is 3.05. The largest absolute Gasteiger partial charge is 0.453 e. The summed E-state index contributed by atoms with van der Waals surface area (Å²) in [5.41, 5.74) is 2.49. The molecule has 0 spiro atoms. The van der Waals surface area contributed by atoms with E-state index < -0.39 is 6.10 Å². The Morgan fingerprint density at radius 2 is 2.36 bits per heavy atom. The predicted molar refractivity (Wildman–Crippen MR) is 54.0 cm³/mol. The van der Waals surface area contributed by atoms with Gasteiger partial charge in [-0.1, -0.05) is 18.2 Å². The van der Waals surface area contributed by atoms with Crippen molar-refractivity contribution in [3.8, 4) is 0 Å². The van der Waals surface area contributed by atoms with Gasteiger partial charge in [-0.2, -0.15) is 0 Å². The maximum Gasteiger partial charge on any atom is 0.288 e. The second kappa shape index (κ2) is 3.42. The fraction of sp³-hybridized carbons (Fsp3) is 0.200. The van der Waals surface area contributed by atoms with Crippen molar-refractivity contribution in [2.45, 2.75) is 13.0 Å². The molecule has 1 aromatic carbocycles. The average molecular weight is 210 g/mol. The first-order valence-electron chi connectivity index (χ1n) is 4.18. The van der Waals surface area contributed by atoms with Crippen LogP contribution in [0.2, 0.25) is 0 Å². The zero-order valence-electron chi connectivity index (χ0n) is 7.53. The van der Waals surface area contributed by atoms with Crippen molar-refractivity contribution in [3.63, 3.8) is 0 Å². The normalized spacial score (nSPS) is 19.3. The molecule has 3 nitrogen and oxygen atoms in total. The minimum Gasteiger partial charge on any atom is -0.453 e. The Morgan fingerprint density at radius 1 is 1.57 bits per heavy atom. The van der Waals surface area contributed by atoms with Crippen molar-refractivity contribution >= 4 is 28.9 Å². The lowest BCUT2D eigenvalue weighted by Crippen LogP contribution is -2.13. The van der Waals surface area contributed by atoms with Gasteiger partial charge in [0.2, 0.25) is 0 Å². The van der Waals surface area contributed by atoms with Crippen LogP contribution in [0, 0.1) is 6.92 Å². The number of ether oxygens (including phenoxy) is 1.